The van der Waals surface area contributed by atoms with E-state index in [1.807, 2.05) is 7.05 Å². The minimum absolute atomic E-state index is 1.04. The molecule has 3 nitrogen and oxygen atoms in total. The average Bonchev–Trinajstić information content (AvgIpc) is 2.19. The predicted octanol–water partition coefficient (Wildman–Crippen LogP) is -0.109. The molecule has 1 aromatic heterocycles. The molecule has 0 atom stereocenters. The molecule has 1 N–H and O–H groups in total. The lowest BCUT2D eigenvalue weighted by Crippen LogP contribution is -2.41. The number of nitrogens with zero attached hydrogens (tertiary/aromatic N) is 2. The smallest absolute Gasteiger partial charge is 0.233 e. The molecule has 1 heterocycles. The van der Waals surface area contributed by atoms with E-state index >= 15 is 0 Å². The normalized spacial score (nSPS) is 10.3. The zero-order valence-corrected chi connectivity index (χ0v) is 8.53. The van der Waals surface area contributed by atoms with E-state index in [0.717, 1.165) is 19.6 Å². The summed E-state index contributed by atoms with van der Waals surface area (Å²) in [4.78, 5) is 0. The van der Waals surface area contributed by atoms with E-state index in [2.05, 4.69) is 46.2 Å². The van der Waals surface area contributed by atoms with Gasteiger partial charge in [-0.15, -0.1) is 0 Å². The Morgan fingerprint density at radius 2 is 1.69 bits per heavy atom. The molecule has 0 aromatic carbocycles. The van der Waals surface area contributed by atoms with E-state index in [1.54, 1.807) is 0 Å². The Hall–Kier alpha value is -0.960. The lowest BCUT2D eigenvalue weighted by molar-refractivity contribution is -0.749. The van der Waals surface area contributed by atoms with Gasteiger partial charge in [-0.3, -0.25) is 0 Å². The summed E-state index contributed by atoms with van der Waals surface area (Å²) in [7, 11) is 1.99. The highest BCUT2D eigenvalue weighted by Crippen LogP contribution is 1.76. The van der Waals surface area contributed by atoms with Crippen LogP contribution in [0.3, 0.4) is 0 Å². The fraction of sp³-hybridized carbons (Fsp3) is 0.600. The zero-order valence-electron chi connectivity index (χ0n) is 8.53. The summed E-state index contributed by atoms with van der Waals surface area (Å²) in [6.07, 6.45) is 9.65. The van der Waals surface area contributed by atoms with Gasteiger partial charge in [-0.25, -0.2) is 0 Å². The third-order valence-corrected chi connectivity index (χ3v) is 2.11. The molecule has 72 valence electrons. The number of hydrogen-bond donors (Lipinski definition) is 1. The fourth-order valence-corrected chi connectivity index (χ4v) is 1.24. The van der Waals surface area contributed by atoms with Crippen LogP contribution in [0.25, 0.3) is 0 Å². The van der Waals surface area contributed by atoms with Crippen LogP contribution in [0, 0.1) is 0 Å². The van der Waals surface area contributed by atoms with E-state index in [4.69, 9.17) is 0 Å². The minimum atomic E-state index is 1.04. The van der Waals surface area contributed by atoms with Crippen LogP contribution in [0.4, 0.5) is 0 Å². The van der Waals surface area contributed by atoms with Crippen molar-refractivity contribution in [1.29, 1.82) is 0 Å². The third-order valence-electron chi connectivity index (χ3n) is 2.11. The Morgan fingerprint density at radius 3 is 2.23 bits per heavy atom. The average molecular weight is 181 g/mol. The first-order chi connectivity index (χ1) is 6.36. The predicted molar refractivity (Wildman–Crippen MR) is 51.0 cm³/mol. The van der Waals surface area contributed by atoms with Gasteiger partial charge in [0.25, 0.3) is 0 Å². The molecule has 0 saturated carbocycles. The molecule has 0 aliphatic rings. The van der Waals surface area contributed by atoms with Gasteiger partial charge in [-0.1, -0.05) is 0 Å². The Morgan fingerprint density at radius 1 is 1.08 bits per heavy atom. The highest BCUT2D eigenvalue weighted by atomic mass is 15.0. The van der Waals surface area contributed by atoms with E-state index in [-0.39, 0.29) is 0 Å². The molecular formula is C10H19N3+2. The number of hydrogen-bond acceptors (Lipinski definition) is 1. The molecule has 0 amide bonds. The Kier molecular flexibility index (Phi) is 4.40. The van der Waals surface area contributed by atoms with Crippen molar-refractivity contribution in [1.82, 2.24) is 5.32 Å². The Balaban J connectivity index is 2.40. The van der Waals surface area contributed by atoms with E-state index in [1.165, 1.54) is 6.42 Å². The van der Waals surface area contributed by atoms with Crippen LogP contribution < -0.4 is 14.5 Å². The maximum Gasteiger partial charge on any atom is 0.233 e. The van der Waals surface area contributed by atoms with Crippen molar-refractivity contribution in [3.05, 3.63) is 24.8 Å². The molecule has 0 radical (unpaired) electrons. The highest BCUT2D eigenvalue weighted by molar-refractivity contribution is 4.53. The van der Waals surface area contributed by atoms with Gasteiger partial charge in [0.1, 0.15) is 13.1 Å². The van der Waals surface area contributed by atoms with Crippen LogP contribution >= 0.6 is 0 Å². The van der Waals surface area contributed by atoms with Crippen molar-refractivity contribution in [2.75, 3.05) is 13.6 Å². The molecule has 0 spiro atoms. The number of nitrogens with one attached hydrogen (secondary N) is 1. The van der Waals surface area contributed by atoms with Crippen molar-refractivity contribution in [3.8, 4) is 0 Å². The van der Waals surface area contributed by atoms with Gasteiger partial charge in [0.15, 0.2) is 0 Å². The first-order valence-electron chi connectivity index (χ1n) is 4.89. The first-order valence-corrected chi connectivity index (χ1v) is 4.89. The molecule has 3 heteroatoms. The minimum Gasteiger partial charge on any atom is -0.320 e. The lowest BCUT2D eigenvalue weighted by atomic mass is 10.4. The Bertz CT molecular complexity index is 230. The number of rotatable bonds is 5. The lowest BCUT2D eigenvalue weighted by Gasteiger charge is -1.95. The number of aryl methyl sites for hydroxylation is 2. The van der Waals surface area contributed by atoms with Gasteiger partial charge in [0.05, 0.1) is 0 Å². The molecule has 0 aliphatic carbocycles. The second-order valence-corrected chi connectivity index (χ2v) is 3.12. The van der Waals surface area contributed by atoms with Gasteiger partial charge in [-0.2, -0.15) is 9.13 Å². The van der Waals surface area contributed by atoms with Crippen LogP contribution in [0.15, 0.2) is 24.8 Å². The van der Waals surface area contributed by atoms with Crippen molar-refractivity contribution in [2.45, 2.75) is 26.4 Å². The molecule has 0 saturated heterocycles. The van der Waals surface area contributed by atoms with Gasteiger partial charge in [0, 0.05) is 13.0 Å². The summed E-state index contributed by atoms with van der Waals surface area (Å²) in [6.45, 7) is 5.35. The van der Waals surface area contributed by atoms with Gasteiger partial charge in [-0.05, 0) is 14.0 Å². The summed E-state index contributed by atoms with van der Waals surface area (Å²) in [5, 5.41) is 3.14. The monoisotopic (exact) mass is 181 g/mol. The quantitative estimate of drug-likeness (QED) is 0.496. The summed E-state index contributed by atoms with van der Waals surface area (Å²) in [5.74, 6) is 0. The van der Waals surface area contributed by atoms with Gasteiger partial charge < -0.3 is 5.32 Å². The SMILES string of the molecule is CC[n+]1cc[n+](CCCNC)cc1. The largest absolute Gasteiger partial charge is 0.320 e. The topological polar surface area (TPSA) is 19.8 Å². The summed E-state index contributed by atoms with van der Waals surface area (Å²) >= 11 is 0. The second kappa shape index (κ2) is 5.65. The van der Waals surface area contributed by atoms with E-state index in [0.29, 0.717) is 0 Å². The zero-order chi connectivity index (χ0) is 9.52. The van der Waals surface area contributed by atoms with Gasteiger partial charge in [0.2, 0.25) is 24.8 Å². The molecule has 1 aromatic rings. The van der Waals surface area contributed by atoms with Gasteiger partial charge >= 0.3 is 0 Å². The van der Waals surface area contributed by atoms with Crippen LogP contribution in [0.5, 0.6) is 0 Å². The van der Waals surface area contributed by atoms with Crippen LogP contribution in [-0.2, 0) is 13.1 Å². The Labute approximate surface area is 80.0 Å². The molecule has 0 aliphatic heterocycles. The third kappa shape index (κ3) is 3.51. The summed E-state index contributed by atoms with van der Waals surface area (Å²) in [5.41, 5.74) is 0. The van der Waals surface area contributed by atoms with Crippen molar-refractivity contribution in [2.24, 2.45) is 0 Å². The molecule has 1 rings (SSSR count). The van der Waals surface area contributed by atoms with E-state index in [9.17, 15) is 0 Å². The van der Waals surface area contributed by atoms with Crippen molar-refractivity contribution in [3.63, 3.8) is 0 Å². The highest BCUT2D eigenvalue weighted by Gasteiger charge is 2.02. The maximum atomic E-state index is 3.14. The molecule has 0 bridgehead atoms. The molecular weight excluding hydrogens is 162 g/mol. The second-order valence-electron chi connectivity index (χ2n) is 3.12. The fourth-order valence-electron chi connectivity index (χ4n) is 1.24. The molecule has 0 fully saturated rings. The van der Waals surface area contributed by atoms with Crippen LogP contribution in [0.1, 0.15) is 13.3 Å². The first kappa shape index (κ1) is 10.1. The van der Waals surface area contributed by atoms with E-state index < -0.39 is 0 Å². The molecule has 0 unspecified atom stereocenters. The van der Waals surface area contributed by atoms with Crippen molar-refractivity contribution < 1.29 is 9.13 Å². The van der Waals surface area contributed by atoms with Crippen molar-refractivity contribution >= 4 is 0 Å². The maximum absolute atomic E-state index is 3.14. The summed E-state index contributed by atoms with van der Waals surface area (Å²) < 4.78 is 4.37. The number of aromatic nitrogens is 2. The van der Waals surface area contributed by atoms with Crippen LogP contribution in [-0.4, -0.2) is 13.6 Å². The summed E-state index contributed by atoms with van der Waals surface area (Å²) in [6, 6.07) is 0. The standard InChI is InChI=1S/C10H19N3/c1-3-12-7-9-13(10-8-12)6-4-5-11-2/h7-11H,3-6H2,1-2H3/q+2. The molecule has 13 heavy (non-hydrogen) atoms. The van der Waals surface area contributed by atoms with Crippen LogP contribution in [0.2, 0.25) is 0 Å².